The van der Waals surface area contributed by atoms with Crippen molar-refractivity contribution in [2.24, 2.45) is 4.99 Å². The maximum Gasteiger partial charge on any atom is 0.271 e. The predicted molar refractivity (Wildman–Crippen MR) is 182 cm³/mol. The van der Waals surface area contributed by atoms with Gasteiger partial charge in [0.05, 0.1) is 29.0 Å². The lowest BCUT2D eigenvalue weighted by Gasteiger charge is -2.25. The number of methoxy groups -OCH3 is 1. The van der Waals surface area contributed by atoms with Crippen molar-refractivity contribution in [3.63, 3.8) is 0 Å². The Morgan fingerprint density at radius 3 is 2.41 bits per heavy atom. The van der Waals surface area contributed by atoms with Gasteiger partial charge in [-0.05, 0) is 95.2 Å². The topological polar surface area (TPSA) is 81.9 Å². The van der Waals surface area contributed by atoms with E-state index in [0.717, 1.165) is 26.0 Å². The molecule has 44 heavy (non-hydrogen) atoms. The lowest BCUT2D eigenvalue weighted by molar-refractivity contribution is -0.113. The van der Waals surface area contributed by atoms with Crippen LogP contribution in [0.1, 0.15) is 29.7 Å². The molecule has 0 saturated heterocycles. The van der Waals surface area contributed by atoms with Gasteiger partial charge in [0.15, 0.2) is 4.80 Å². The maximum atomic E-state index is 14.1. The number of carbonyl (C=O) groups excluding carboxylic acids is 1. The molecule has 1 amide bonds. The van der Waals surface area contributed by atoms with Crippen LogP contribution in [0, 0.1) is 3.57 Å². The summed E-state index contributed by atoms with van der Waals surface area (Å²) in [5, 5.41) is 2.98. The van der Waals surface area contributed by atoms with E-state index in [2.05, 4.69) is 27.9 Å². The predicted octanol–water partition coefficient (Wildman–Crippen LogP) is 6.07. The van der Waals surface area contributed by atoms with Crippen molar-refractivity contribution >= 4 is 51.6 Å². The van der Waals surface area contributed by atoms with E-state index < -0.39 is 6.04 Å². The number of nitrogens with zero attached hydrogens (tertiary/aromatic N) is 2. The van der Waals surface area contributed by atoms with Crippen molar-refractivity contribution in [1.82, 2.24) is 4.57 Å². The Balaban J connectivity index is 1.39. The molecule has 0 unspecified atom stereocenters. The third-order valence-electron chi connectivity index (χ3n) is 7.22. The largest absolute Gasteiger partial charge is 0.496 e. The molecule has 1 N–H and O–H groups in total. The number of rotatable bonds is 8. The van der Waals surface area contributed by atoms with Gasteiger partial charge in [-0.2, -0.15) is 0 Å². The molecule has 9 heteroatoms. The molecule has 0 saturated carbocycles. The lowest BCUT2D eigenvalue weighted by atomic mass is 9.95. The quantitative estimate of drug-likeness (QED) is 0.198. The third-order valence-corrected chi connectivity index (χ3v) is 8.93. The number of allylic oxidation sites excluding steroid dienone is 1. The highest BCUT2D eigenvalue weighted by atomic mass is 127. The van der Waals surface area contributed by atoms with E-state index in [-0.39, 0.29) is 11.5 Å². The van der Waals surface area contributed by atoms with Gasteiger partial charge >= 0.3 is 0 Å². The van der Waals surface area contributed by atoms with Crippen LogP contribution in [0.5, 0.6) is 11.5 Å². The molecule has 4 aromatic carbocycles. The molecule has 0 spiro atoms. The van der Waals surface area contributed by atoms with Crippen molar-refractivity contribution in [2.45, 2.75) is 19.6 Å². The number of halogens is 1. The van der Waals surface area contributed by atoms with Gasteiger partial charge in [-0.1, -0.05) is 65.9 Å². The molecular formula is C35H28IN3O4S. The van der Waals surface area contributed by atoms with E-state index in [0.29, 0.717) is 38.6 Å². The molecule has 0 fully saturated rings. The Labute approximate surface area is 272 Å². The fourth-order valence-electron chi connectivity index (χ4n) is 5.13. The summed E-state index contributed by atoms with van der Waals surface area (Å²) < 4.78 is 14.9. The molecule has 0 radical (unpaired) electrons. The molecule has 5 aromatic rings. The van der Waals surface area contributed by atoms with E-state index in [4.69, 9.17) is 14.5 Å². The van der Waals surface area contributed by atoms with Crippen molar-refractivity contribution in [3.05, 3.63) is 154 Å². The first-order valence-electron chi connectivity index (χ1n) is 13.9. The zero-order valence-electron chi connectivity index (χ0n) is 24.0. The average molecular weight is 714 g/mol. The Bertz CT molecular complexity index is 2040. The van der Waals surface area contributed by atoms with Crippen LogP contribution in [0.15, 0.2) is 124 Å². The molecule has 1 atom stereocenters. The Morgan fingerprint density at radius 2 is 1.70 bits per heavy atom. The number of para-hydroxylation sites is 1. The van der Waals surface area contributed by atoms with Gasteiger partial charge in [0.25, 0.3) is 11.5 Å². The minimum atomic E-state index is -0.632. The number of fused-ring (bicyclic) bond motifs is 1. The van der Waals surface area contributed by atoms with Crippen molar-refractivity contribution in [1.29, 1.82) is 0 Å². The summed E-state index contributed by atoms with van der Waals surface area (Å²) in [6.07, 6.45) is 1.85. The molecule has 7 nitrogen and oxygen atoms in total. The molecule has 0 bridgehead atoms. The number of hydrogen-bond acceptors (Lipinski definition) is 6. The second-order valence-corrected chi connectivity index (χ2v) is 12.4. The Hall–Kier alpha value is -4.48. The zero-order chi connectivity index (χ0) is 30.6. The third kappa shape index (κ3) is 6.24. The first-order chi connectivity index (χ1) is 21.4. The smallest absolute Gasteiger partial charge is 0.271 e. The highest BCUT2D eigenvalue weighted by Gasteiger charge is 2.32. The summed E-state index contributed by atoms with van der Waals surface area (Å²) in [6, 6.07) is 31.8. The number of ether oxygens (including phenoxy) is 2. The van der Waals surface area contributed by atoms with Gasteiger partial charge in [0.2, 0.25) is 0 Å². The van der Waals surface area contributed by atoms with Crippen LogP contribution in [0.4, 0.5) is 5.69 Å². The summed E-state index contributed by atoms with van der Waals surface area (Å²) in [6.45, 7) is 2.12. The van der Waals surface area contributed by atoms with Gasteiger partial charge in [-0.25, -0.2) is 4.99 Å². The first-order valence-corrected chi connectivity index (χ1v) is 15.8. The molecule has 1 aliphatic rings. The highest BCUT2D eigenvalue weighted by molar-refractivity contribution is 14.1. The van der Waals surface area contributed by atoms with Crippen LogP contribution in [0.2, 0.25) is 0 Å². The van der Waals surface area contributed by atoms with E-state index in [9.17, 15) is 9.59 Å². The number of carbonyl (C=O) groups is 1. The number of thiazole rings is 1. The van der Waals surface area contributed by atoms with Crippen molar-refractivity contribution in [3.8, 4) is 11.5 Å². The molecule has 6 rings (SSSR count). The maximum absolute atomic E-state index is 14.1. The van der Waals surface area contributed by atoms with E-state index in [1.165, 1.54) is 11.3 Å². The van der Waals surface area contributed by atoms with Gasteiger partial charge in [0.1, 0.15) is 18.1 Å². The summed E-state index contributed by atoms with van der Waals surface area (Å²) in [4.78, 5) is 33.0. The number of benzene rings is 4. The van der Waals surface area contributed by atoms with Crippen LogP contribution >= 0.6 is 33.9 Å². The highest BCUT2D eigenvalue weighted by Crippen LogP contribution is 2.31. The van der Waals surface area contributed by atoms with Crippen LogP contribution in [-0.4, -0.2) is 17.6 Å². The summed E-state index contributed by atoms with van der Waals surface area (Å²) in [5.74, 6) is 1.16. The normalized spacial score (nSPS) is 14.5. The zero-order valence-corrected chi connectivity index (χ0v) is 27.0. The molecule has 1 aliphatic heterocycles. The average Bonchev–Trinajstić information content (AvgIpc) is 3.34. The molecule has 0 aliphatic carbocycles. The van der Waals surface area contributed by atoms with Crippen molar-refractivity contribution in [2.75, 3.05) is 12.4 Å². The minimum absolute atomic E-state index is 0.215. The standard InChI is InChI=1S/C35H28IN3O4S/c1-22-31(33(40)38-27-11-7-4-8-12-27)32(24-9-5-3-6-10-24)39-34(41)30(44-35(39)37-22)20-23-13-18-29(42-2)25(19-23)21-43-28-16-14-26(36)15-17-28/h3-20,32H,21H2,1-2H3,(H,38,40)/b30-20-/t32-/m0/s1. The lowest BCUT2D eigenvalue weighted by Crippen LogP contribution is -2.40. The van der Waals surface area contributed by atoms with Crippen LogP contribution in [0.25, 0.3) is 6.08 Å². The number of anilines is 1. The molecular weight excluding hydrogens is 685 g/mol. The first kappa shape index (κ1) is 29.6. The molecule has 2 heterocycles. The number of hydrogen-bond donors (Lipinski definition) is 1. The minimum Gasteiger partial charge on any atom is -0.496 e. The van der Waals surface area contributed by atoms with E-state index >= 15 is 0 Å². The van der Waals surface area contributed by atoms with Gasteiger partial charge in [-0.15, -0.1) is 0 Å². The van der Waals surface area contributed by atoms with Crippen LogP contribution in [0.3, 0.4) is 0 Å². The number of amides is 1. The molecule has 1 aromatic heterocycles. The SMILES string of the molecule is COc1ccc(/C=c2\sc3n(c2=O)[C@@H](c2ccccc2)C(C(=O)Nc2ccccc2)=C(C)N=3)cc1COc1ccc(I)cc1. The van der Waals surface area contributed by atoms with Crippen LogP contribution in [-0.2, 0) is 11.4 Å². The van der Waals surface area contributed by atoms with Gasteiger partial charge < -0.3 is 14.8 Å². The second kappa shape index (κ2) is 13.0. The fourth-order valence-corrected chi connectivity index (χ4v) is 6.53. The summed E-state index contributed by atoms with van der Waals surface area (Å²) >= 11 is 3.56. The monoisotopic (exact) mass is 713 g/mol. The van der Waals surface area contributed by atoms with Gasteiger partial charge in [0, 0.05) is 14.8 Å². The number of nitrogens with one attached hydrogen (secondary N) is 1. The number of aromatic nitrogens is 1. The molecule has 220 valence electrons. The van der Waals surface area contributed by atoms with Gasteiger partial charge in [-0.3, -0.25) is 14.2 Å². The van der Waals surface area contributed by atoms with Crippen molar-refractivity contribution < 1.29 is 14.3 Å². The Morgan fingerprint density at radius 1 is 1.00 bits per heavy atom. The fraction of sp³-hybridized carbons (Fsp3) is 0.114. The van der Waals surface area contributed by atoms with E-state index in [1.807, 2.05) is 116 Å². The van der Waals surface area contributed by atoms with Crippen LogP contribution < -0.4 is 29.7 Å². The summed E-state index contributed by atoms with van der Waals surface area (Å²) in [7, 11) is 1.62. The summed E-state index contributed by atoms with van der Waals surface area (Å²) in [5.41, 5.74) is 3.96. The second-order valence-electron chi connectivity index (χ2n) is 10.1. The Kier molecular flexibility index (Phi) is 8.76. The van der Waals surface area contributed by atoms with E-state index in [1.54, 1.807) is 11.7 Å².